The lowest BCUT2D eigenvalue weighted by Gasteiger charge is -2.10. The Balaban J connectivity index is 2.00. The molecule has 1 aromatic heterocycles. The first-order valence-electron chi connectivity index (χ1n) is 8.53. The van der Waals surface area contributed by atoms with Crippen LogP contribution in [0, 0.1) is 21.4 Å². The second kappa shape index (κ2) is 8.62. The summed E-state index contributed by atoms with van der Waals surface area (Å²) >= 11 is 1.24. The molecule has 0 aliphatic heterocycles. The van der Waals surface area contributed by atoms with Crippen molar-refractivity contribution < 1.29 is 14.4 Å². The lowest BCUT2D eigenvalue weighted by Crippen LogP contribution is -2.00. The van der Waals surface area contributed by atoms with E-state index >= 15 is 0 Å². The van der Waals surface area contributed by atoms with Gasteiger partial charge in [0.15, 0.2) is 11.0 Å². The maximum atomic E-state index is 11.2. The summed E-state index contributed by atoms with van der Waals surface area (Å²) in [4.78, 5) is 11.2. The molecular weight excluding hydrogens is 394 g/mol. The smallest absolute Gasteiger partial charge is 0.288 e. The average molecular weight is 411 g/mol. The van der Waals surface area contributed by atoms with Gasteiger partial charge >= 0.3 is 0 Å². The van der Waals surface area contributed by atoms with Crippen LogP contribution in [0.4, 0.5) is 5.69 Å². The summed E-state index contributed by atoms with van der Waals surface area (Å²) in [5.74, 6) is 1.87. The number of rotatable bonds is 7. The SMILES string of the molecule is CCn1c(Sc2ccc(C#N)c([N+](=O)[O-])c2)nnc1-c1cc(OC)cc(OC)c1. The zero-order valence-electron chi connectivity index (χ0n) is 15.9. The van der Waals surface area contributed by atoms with Crippen molar-refractivity contribution in [3.8, 4) is 29.0 Å². The van der Waals surface area contributed by atoms with E-state index in [4.69, 9.17) is 14.7 Å². The molecule has 0 unspecified atom stereocenters. The summed E-state index contributed by atoms with van der Waals surface area (Å²) in [5.41, 5.74) is 0.548. The minimum absolute atomic E-state index is 0.0143. The summed E-state index contributed by atoms with van der Waals surface area (Å²) < 4.78 is 12.5. The van der Waals surface area contributed by atoms with E-state index in [0.717, 1.165) is 5.56 Å². The van der Waals surface area contributed by atoms with Crippen LogP contribution in [-0.4, -0.2) is 33.9 Å². The van der Waals surface area contributed by atoms with E-state index in [1.54, 1.807) is 26.4 Å². The molecule has 0 saturated carbocycles. The predicted octanol–water partition coefficient (Wildman–Crippen LogP) is 3.91. The molecule has 0 aliphatic carbocycles. The first kappa shape index (κ1) is 20.2. The summed E-state index contributed by atoms with van der Waals surface area (Å²) in [6, 6.07) is 11.7. The number of benzene rings is 2. The highest BCUT2D eigenvalue weighted by Crippen LogP contribution is 2.34. The maximum Gasteiger partial charge on any atom is 0.288 e. The van der Waals surface area contributed by atoms with Crippen molar-refractivity contribution in [1.29, 1.82) is 5.26 Å². The van der Waals surface area contributed by atoms with E-state index in [1.165, 1.54) is 23.9 Å². The number of hydrogen-bond donors (Lipinski definition) is 0. The Kier molecular flexibility index (Phi) is 5.99. The predicted molar refractivity (Wildman–Crippen MR) is 106 cm³/mol. The maximum absolute atomic E-state index is 11.2. The highest BCUT2D eigenvalue weighted by molar-refractivity contribution is 7.99. The van der Waals surface area contributed by atoms with Crippen molar-refractivity contribution in [2.24, 2.45) is 0 Å². The van der Waals surface area contributed by atoms with Gasteiger partial charge < -0.3 is 14.0 Å². The Morgan fingerprint density at radius 1 is 1.17 bits per heavy atom. The number of ether oxygens (including phenoxy) is 2. The van der Waals surface area contributed by atoms with Gasteiger partial charge in [-0.05, 0) is 43.0 Å². The van der Waals surface area contributed by atoms with Crippen molar-refractivity contribution in [2.45, 2.75) is 23.5 Å². The molecule has 0 atom stereocenters. The second-order valence-electron chi connectivity index (χ2n) is 5.80. The molecule has 0 fully saturated rings. The first-order chi connectivity index (χ1) is 14.0. The molecule has 0 amide bonds. The molecule has 1 heterocycles. The van der Waals surface area contributed by atoms with Crippen molar-refractivity contribution in [3.05, 3.63) is 52.1 Å². The van der Waals surface area contributed by atoms with Crippen LogP contribution < -0.4 is 9.47 Å². The molecule has 29 heavy (non-hydrogen) atoms. The van der Waals surface area contributed by atoms with Gasteiger partial charge in [0, 0.05) is 29.1 Å². The van der Waals surface area contributed by atoms with Crippen molar-refractivity contribution >= 4 is 17.4 Å². The standard InChI is InChI=1S/C19H17N5O4S/c1-4-23-18(13-7-14(27-2)9-15(8-13)28-3)21-22-19(23)29-16-6-5-12(11-20)17(10-16)24(25)26/h5-10H,4H2,1-3H3. The van der Waals surface area contributed by atoms with Gasteiger partial charge in [0.2, 0.25) is 0 Å². The summed E-state index contributed by atoms with van der Waals surface area (Å²) in [7, 11) is 3.14. The number of nitro groups is 1. The van der Waals surface area contributed by atoms with Gasteiger partial charge in [-0.25, -0.2) is 0 Å². The molecule has 2 aromatic carbocycles. The lowest BCUT2D eigenvalue weighted by atomic mass is 10.2. The highest BCUT2D eigenvalue weighted by Gasteiger charge is 2.19. The van der Waals surface area contributed by atoms with Crippen LogP contribution in [0.3, 0.4) is 0 Å². The third kappa shape index (κ3) is 4.14. The number of methoxy groups -OCH3 is 2. The molecule has 10 heteroatoms. The Morgan fingerprint density at radius 2 is 1.86 bits per heavy atom. The number of nitriles is 1. The number of hydrogen-bond acceptors (Lipinski definition) is 8. The minimum Gasteiger partial charge on any atom is -0.497 e. The van der Waals surface area contributed by atoms with E-state index < -0.39 is 4.92 Å². The topological polar surface area (TPSA) is 116 Å². The zero-order chi connectivity index (χ0) is 21.0. The minimum atomic E-state index is -0.568. The molecule has 0 radical (unpaired) electrons. The highest BCUT2D eigenvalue weighted by atomic mass is 32.2. The van der Waals surface area contributed by atoms with Crippen LogP contribution in [0.15, 0.2) is 46.5 Å². The Morgan fingerprint density at radius 3 is 2.41 bits per heavy atom. The van der Waals surface area contributed by atoms with Crippen LogP contribution in [0.25, 0.3) is 11.4 Å². The number of aromatic nitrogens is 3. The van der Waals surface area contributed by atoms with Gasteiger partial charge in [-0.2, -0.15) is 5.26 Å². The lowest BCUT2D eigenvalue weighted by molar-refractivity contribution is -0.385. The monoisotopic (exact) mass is 411 g/mol. The summed E-state index contributed by atoms with van der Waals surface area (Å²) in [6.45, 7) is 2.54. The Labute approximate surface area is 171 Å². The van der Waals surface area contributed by atoms with Crippen LogP contribution in [0.1, 0.15) is 12.5 Å². The quantitative estimate of drug-likeness (QED) is 0.424. The van der Waals surface area contributed by atoms with Crippen molar-refractivity contribution in [1.82, 2.24) is 14.8 Å². The number of nitrogens with zero attached hydrogens (tertiary/aromatic N) is 5. The first-order valence-corrected chi connectivity index (χ1v) is 9.35. The Hall–Kier alpha value is -3.58. The molecule has 0 spiro atoms. The zero-order valence-corrected chi connectivity index (χ0v) is 16.8. The fraction of sp³-hybridized carbons (Fsp3) is 0.211. The molecular formula is C19H17N5O4S. The molecule has 0 aliphatic rings. The molecule has 0 bridgehead atoms. The van der Waals surface area contributed by atoms with Gasteiger partial charge in [-0.3, -0.25) is 10.1 Å². The normalized spacial score (nSPS) is 10.4. The number of nitro benzene ring substituents is 1. The summed E-state index contributed by atoms with van der Waals surface area (Å²) in [6.07, 6.45) is 0. The Bertz CT molecular complexity index is 1080. The second-order valence-corrected chi connectivity index (χ2v) is 6.84. The van der Waals surface area contributed by atoms with Gasteiger partial charge in [0.05, 0.1) is 19.1 Å². The fourth-order valence-electron chi connectivity index (χ4n) is 2.73. The molecule has 148 valence electrons. The molecule has 3 rings (SSSR count). The van der Waals surface area contributed by atoms with Crippen LogP contribution in [-0.2, 0) is 6.54 Å². The van der Waals surface area contributed by atoms with E-state index in [-0.39, 0.29) is 11.3 Å². The van der Waals surface area contributed by atoms with Gasteiger partial charge in [-0.15, -0.1) is 10.2 Å². The summed E-state index contributed by atoms with van der Waals surface area (Å²) in [5, 5.41) is 29.4. The van der Waals surface area contributed by atoms with E-state index in [2.05, 4.69) is 10.2 Å². The van der Waals surface area contributed by atoms with Crippen LogP contribution in [0.2, 0.25) is 0 Å². The molecule has 9 nitrogen and oxygen atoms in total. The van der Waals surface area contributed by atoms with E-state index in [9.17, 15) is 10.1 Å². The van der Waals surface area contributed by atoms with E-state index in [0.29, 0.717) is 33.9 Å². The van der Waals surface area contributed by atoms with E-state index in [1.807, 2.05) is 29.7 Å². The molecule has 0 saturated heterocycles. The van der Waals surface area contributed by atoms with Crippen molar-refractivity contribution in [3.63, 3.8) is 0 Å². The third-order valence-electron chi connectivity index (χ3n) is 4.14. The molecule has 0 N–H and O–H groups in total. The van der Waals surface area contributed by atoms with Gasteiger partial charge in [-0.1, -0.05) is 0 Å². The van der Waals surface area contributed by atoms with Crippen molar-refractivity contribution in [2.75, 3.05) is 14.2 Å². The van der Waals surface area contributed by atoms with Crippen LogP contribution in [0.5, 0.6) is 11.5 Å². The largest absolute Gasteiger partial charge is 0.497 e. The molecule has 3 aromatic rings. The van der Waals surface area contributed by atoms with Crippen LogP contribution >= 0.6 is 11.8 Å². The third-order valence-corrected chi connectivity index (χ3v) is 5.11. The van der Waals surface area contributed by atoms with Gasteiger partial charge in [0.25, 0.3) is 5.69 Å². The average Bonchev–Trinajstić information content (AvgIpc) is 3.15. The van der Waals surface area contributed by atoms with Gasteiger partial charge in [0.1, 0.15) is 23.1 Å². The fourth-order valence-corrected chi connectivity index (χ4v) is 3.65.